The fourth-order valence-electron chi connectivity index (χ4n) is 1.44. The number of ether oxygens (including phenoxy) is 1. The third-order valence-electron chi connectivity index (χ3n) is 2.32. The van der Waals surface area contributed by atoms with Crippen LogP contribution in [0.25, 0.3) is 0 Å². The molecule has 5 heteroatoms. The van der Waals surface area contributed by atoms with E-state index in [0.29, 0.717) is 0 Å². The first kappa shape index (κ1) is 14.3. The van der Waals surface area contributed by atoms with Crippen molar-refractivity contribution < 1.29 is 23.1 Å². The van der Waals surface area contributed by atoms with Crippen molar-refractivity contribution in [2.45, 2.75) is 26.2 Å². The van der Waals surface area contributed by atoms with Crippen LogP contribution in [0.15, 0.2) is 18.2 Å². The molecule has 0 fully saturated rings. The van der Waals surface area contributed by atoms with Crippen LogP contribution >= 0.6 is 0 Å². The zero-order chi connectivity index (χ0) is 13.5. The highest BCUT2D eigenvalue weighted by atomic mass is 19.1. The van der Waals surface area contributed by atoms with Crippen LogP contribution in [0.3, 0.4) is 0 Å². The topological polar surface area (TPSA) is 43.4 Å². The molecule has 0 amide bonds. The van der Waals surface area contributed by atoms with Crippen LogP contribution in [-0.2, 0) is 20.7 Å². The Hall–Kier alpha value is -1.78. The number of hydrogen-bond donors (Lipinski definition) is 0. The third-order valence-corrected chi connectivity index (χ3v) is 2.32. The van der Waals surface area contributed by atoms with Gasteiger partial charge in [0.25, 0.3) is 0 Å². The molecule has 0 radical (unpaired) electrons. The first-order chi connectivity index (χ1) is 8.52. The summed E-state index contributed by atoms with van der Waals surface area (Å²) in [6.07, 6.45) is -0.170. The lowest BCUT2D eigenvalue weighted by atomic mass is 10.1. The first-order valence-corrected chi connectivity index (χ1v) is 5.64. The minimum atomic E-state index is -0.750. The summed E-state index contributed by atoms with van der Waals surface area (Å²) in [7, 11) is 0. The average molecular weight is 256 g/mol. The maximum Gasteiger partial charge on any atom is 0.306 e. The van der Waals surface area contributed by atoms with Crippen LogP contribution in [-0.4, -0.2) is 18.4 Å². The number of ketones is 1. The van der Waals surface area contributed by atoms with Crippen molar-refractivity contribution in [3.8, 4) is 0 Å². The summed E-state index contributed by atoms with van der Waals surface area (Å²) >= 11 is 0. The zero-order valence-electron chi connectivity index (χ0n) is 10.0. The summed E-state index contributed by atoms with van der Waals surface area (Å²) in [5.41, 5.74) is 0.130. The molecule has 1 aromatic carbocycles. The number of esters is 1. The lowest BCUT2D eigenvalue weighted by molar-refractivity contribution is -0.144. The van der Waals surface area contributed by atoms with Gasteiger partial charge in [0.15, 0.2) is 0 Å². The Morgan fingerprint density at radius 3 is 2.56 bits per heavy atom. The lowest BCUT2D eigenvalue weighted by Gasteiger charge is -2.03. The van der Waals surface area contributed by atoms with Crippen LogP contribution in [0.4, 0.5) is 8.78 Å². The van der Waals surface area contributed by atoms with Crippen LogP contribution < -0.4 is 0 Å². The third kappa shape index (κ3) is 4.61. The summed E-state index contributed by atoms with van der Waals surface area (Å²) in [4.78, 5) is 22.5. The molecule has 0 heterocycles. The number of carbonyl (C=O) groups excluding carboxylic acids is 2. The van der Waals surface area contributed by atoms with Gasteiger partial charge < -0.3 is 4.74 Å². The van der Waals surface area contributed by atoms with Crippen molar-refractivity contribution in [1.82, 2.24) is 0 Å². The van der Waals surface area contributed by atoms with Gasteiger partial charge in [0.1, 0.15) is 17.4 Å². The molecule has 98 valence electrons. The predicted molar refractivity (Wildman–Crippen MR) is 60.9 cm³/mol. The van der Waals surface area contributed by atoms with E-state index in [4.69, 9.17) is 0 Å². The van der Waals surface area contributed by atoms with Crippen molar-refractivity contribution in [2.24, 2.45) is 0 Å². The monoisotopic (exact) mass is 256 g/mol. The van der Waals surface area contributed by atoms with Crippen molar-refractivity contribution in [3.63, 3.8) is 0 Å². The molecule has 0 unspecified atom stereocenters. The number of Topliss-reactive ketones (excluding diaryl/α,β-unsaturated/α-hetero) is 1. The van der Waals surface area contributed by atoms with Crippen LogP contribution in [0, 0.1) is 11.6 Å². The fraction of sp³-hybridized carbons (Fsp3) is 0.385. The smallest absolute Gasteiger partial charge is 0.306 e. The molecule has 0 aliphatic heterocycles. The summed E-state index contributed by atoms with van der Waals surface area (Å²) in [5.74, 6) is -2.17. The van der Waals surface area contributed by atoms with Gasteiger partial charge in [-0.2, -0.15) is 0 Å². The molecule has 0 atom stereocenters. The van der Waals surface area contributed by atoms with Crippen LogP contribution in [0.5, 0.6) is 0 Å². The number of benzene rings is 1. The normalized spacial score (nSPS) is 10.2. The predicted octanol–water partition coefficient (Wildman–Crippen LogP) is 2.42. The molecule has 1 rings (SSSR count). The van der Waals surface area contributed by atoms with E-state index in [1.165, 1.54) is 6.07 Å². The van der Waals surface area contributed by atoms with E-state index in [0.717, 1.165) is 12.1 Å². The second-order valence-corrected chi connectivity index (χ2v) is 3.76. The van der Waals surface area contributed by atoms with Gasteiger partial charge in [-0.05, 0) is 18.6 Å². The van der Waals surface area contributed by atoms with Gasteiger partial charge >= 0.3 is 5.97 Å². The van der Waals surface area contributed by atoms with Gasteiger partial charge in [0, 0.05) is 18.9 Å². The van der Waals surface area contributed by atoms with Crippen molar-refractivity contribution in [1.29, 1.82) is 0 Å². The Morgan fingerprint density at radius 1 is 1.22 bits per heavy atom. The molecule has 0 spiro atoms. The van der Waals surface area contributed by atoms with Crippen LogP contribution in [0.2, 0.25) is 0 Å². The largest absolute Gasteiger partial charge is 0.466 e. The Bertz CT molecular complexity index is 444. The molecule has 3 nitrogen and oxygen atoms in total. The second-order valence-electron chi connectivity index (χ2n) is 3.76. The molecule has 0 saturated carbocycles. The SMILES string of the molecule is CCOC(=O)CCC(=O)Cc1ccc(F)cc1F. The van der Waals surface area contributed by atoms with E-state index in [1.807, 2.05) is 0 Å². The summed E-state index contributed by atoms with van der Waals surface area (Å²) in [6.45, 7) is 1.94. The Balaban J connectivity index is 2.47. The van der Waals surface area contributed by atoms with E-state index in [1.54, 1.807) is 6.92 Å². The highest BCUT2D eigenvalue weighted by Gasteiger charge is 2.11. The maximum absolute atomic E-state index is 13.2. The first-order valence-electron chi connectivity index (χ1n) is 5.64. The number of hydrogen-bond acceptors (Lipinski definition) is 3. The molecule has 0 saturated heterocycles. The Labute approximate surface area is 104 Å². The Morgan fingerprint density at radius 2 is 1.94 bits per heavy atom. The number of halogens is 2. The molecule has 0 N–H and O–H groups in total. The van der Waals surface area contributed by atoms with E-state index in [9.17, 15) is 18.4 Å². The molecule has 0 aliphatic carbocycles. The highest BCUT2D eigenvalue weighted by Crippen LogP contribution is 2.11. The molecular weight excluding hydrogens is 242 g/mol. The van der Waals surface area contributed by atoms with E-state index < -0.39 is 17.6 Å². The maximum atomic E-state index is 13.2. The molecular formula is C13H14F2O3. The summed E-state index contributed by atoms with van der Waals surface area (Å²) in [6, 6.07) is 3.05. The summed E-state index contributed by atoms with van der Waals surface area (Å²) < 4.78 is 30.6. The second kappa shape index (κ2) is 6.83. The minimum Gasteiger partial charge on any atom is -0.466 e. The van der Waals surface area contributed by atoms with Gasteiger partial charge in [-0.1, -0.05) is 6.07 Å². The van der Waals surface area contributed by atoms with Crippen molar-refractivity contribution in [2.75, 3.05) is 6.61 Å². The standard InChI is InChI=1S/C13H14F2O3/c1-2-18-13(17)6-5-11(16)7-9-3-4-10(14)8-12(9)15/h3-4,8H,2,5-7H2,1H3. The zero-order valence-corrected chi connectivity index (χ0v) is 10.0. The van der Waals surface area contributed by atoms with Gasteiger partial charge in [-0.3, -0.25) is 9.59 Å². The molecule has 18 heavy (non-hydrogen) atoms. The van der Waals surface area contributed by atoms with Gasteiger partial charge in [-0.25, -0.2) is 8.78 Å². The van der Waals surface area contributed by atoms with E-state index >= 15 is 0 Å². The average Bonchev–Trinajstić information content (AvgIpc) is 2.31. The summed E-state index contributed by atoms with van der Waals surface area (Å²) in [5, 5.41) is 0. The molecule has 0 aliphatic rings. The molecule has 0 bridgehead atoms. The number of carbonyl (C=O) groups is 2. The van der Waals surface area contributed by atoms with Gasteiger partial charge in [-0.15, -0.1) is 0 Å². The number of rotatable bonds is 6. The van der Waals surface area contributed by atoms with E-state index in [2.05, 4.69) is 4.74 Å². The molecule has 1 aromatic rings. The van der Waals surface area contributed by atoms with Gasteiger partial charge in [0.2, 0.25) is 0 Å². The quantitative estimate of drug-likeness (QED) is 0.734. The van der Waals surface area contributed by atoms with E-state index in [-0.39, 0.29) is 37.2 Å². The minimum absolute atomic E-state index is 0.00432. The molecule has 0 aromatic heterocycles. The van der Waals surface area contributed by atoms with Crippen molar-refractivity contribution in [3.05, 3.63) is 35.4 Å². The van der Waals surface area contributed by atoms with Crippen LogP contribution in [0.1, 0.15) is 25.3 Å². The van der Waals surface area contributed by atoms with Crippen molar-refractivity contribution >= 4 is 11.8 Å². The fourth-order valence-corrected chi connectivity index (χ4v) is 1.44. The lowest BCUT2D eigenvalue weighted by Crippen LogP contribution is -2.10. The Kier molecular flexibility index (Phi) is 5.42. The highest BCUT2D eigenvalue weighted by molar-refractivity contribution is 5.84. The van der Waals surface area contributed by atoms with Gasteiger partial charge in [0.05, 0.1) is 13.0 Å².